The van der Waals surface area contributed by atoms with E-state index in [0.29, 0.717) is 34.3 Å². The Morgan fingerprint density at radius 1 is 1.11 bits per heavy atom. The molecule has 28 heavy (non-hydrogen) atoms. The normalized spacial score (nSPS) is 14.0. The summed E-state index contributed by atoms with van der Waals surface area (Å²) < 4.78 is 1.77. The summed E-state index contributed by atoms with van der Waals surface area (Å²) in [4.78, 5) is 28.4. The van der Waals surface area contributed by atoms with Crippen molar-refractivity contribution in [3.63, 3.8) is 0 Å². The molecule has 0 bridgehead atoms. The molecule has 1 saturated carbocycles. The summed E-state index contributed by atoms with van der Waals surface area (Å²) in [6, 6.07) is 6.19. The van der Waals surface area contributed by atoms with Gasteiger partial charge in [0.15, 0.2) is 11.5 Å². The standard InChI is InChI=1S/C21H20N6O/c1-11-8-15(14-4-5-14)9-12(2)18(11)27-10-16-19(26-27)24-20(25-21(16)28)17-6-7-22-13(3)23-17/h6-10,14H,4-5H2,1-3H3,(H,24,25,26,28). The Labute approximate surface area is 161 Å². The fraction of sp³-hybridized carbons (Fsp3) is 0.286. The summed E-state index contributed by atoms with van der Waals surface area (Å²) in [5, 5.41) is 5.06. The molecule has 1 aliphatic rings. The maximum absolute atomic E-state index is 12.6. The highest BCUT2D eigenvalue weighted by Crippen LogP contribution is 2.41. The quantitative estimate of drug-likeness (QED) is 0.595. The van der Waals surface area contributed by atoms with Gasteiger partial charge in [-0.2, -0.15) is 0 Å². The van der Waals surface area contributed by atoms with Crippen LogP contribution in [0.15, 0.2) is 35.4 Å². The predicted molar refractivity (Wildman–Crippen MR) is 107 cm³/mol. The second kappa shape index (κ2) is 6.09. The number of aryl methyl sites for hydroxylation is 3. The first-order valence-corrected chi connectivity index (χ1v) is 9.41. The molecule has 5 rings (SSSR count). The van der Waals surface area contributed by atoms with E-state index < -0.39 is 0 Å². The van der Waals surface area contributed by atoms with Crippen molar-refractivity contribution in [3.8, 4) is 17.2 Å². The van der Waals surface area contributed by atoms with Gasteiger partial charge in [0.1, 0.15) is 16.9 Å². The zero-order valence-electron chi connectivity index (χ0n) is 16.0. The van der Waals surface area contributed by atoms with Gasteiger partial charge in [-0.3, -0.25) is 4.79 Å². The number of hydrogen-bond acceptors (Lipinski definition) is 5. The number of fused-ring (bicyclic) bond motifs is 1. The number of rotatable bonds is 3. The zero-order chi connectivity index (χ0) is 19.4. The highest BCUT2D eigenvalue weighted by molar-refractivity contribution is 5.75. The molecular formula is C21H20N6O. The summed E-state index contributed by atoms with van der Waals surface area (Å²) in [5.41, 5.74) is 5.44. The van der Waals surface area contributed by atoms with Gasteiger partial charge in [-0.05, 0) is 62.3 Å². The van der Waals surface area contributed by atoms with Crippen LogP contribution in [0.3, 0.4) is 0 Å². The second-order valence-corrected chi connectivity index (χ2v) is 7.49. The van der Waals surface area contributed by atoms with E-state index in [1.165, 1.54) is 18.4 Å². The van der Waals surface area contributed by atoms with Crippen molar-refractivity contribution in [1.29, 1.82) is 0 Å². The van der Waals surface area contributed by atoms with Gasteiger partial charge in [-0.15, -0.1) is 5.10 Å². The summed E-state index contributed by atoms with van der Waals surface area (Å²) in [7, 11) is 0. The monoisotopic (exact) mass is 372 g/mol. The average Bonchev–Trinajstić information content (AvgIpc) is 3.41. The minimum Gasteiger partial charge on any atom is -0.305 e. The largest absolute Gasteiger partial charge is 0.305 e. The molecule has 0 amide bonds. The van der Waals surface area contributed by atoms with E-state index >= 15 is 0 Å². The lowest BCUT2D eigenvalue weighted by Crippen LogP contribution is -2.09. The van der Waals surface area contributed by atoms with Gasteiger partial charge in [-0.1, -0.05) is 12.1 Å². The molecule has 0 saturated heterocycles. The third kappa shape index (κ3) is 2.79. The number of hydrogen-bond donors (Lipinski definition) is 1. The first kappa shape index (κ1) is 16.8. The van der Waals surface area contributed by atoms with Crippen LogP contribution in [-0.2, 0) is 0 Å². The van der Waals surface area contributed by atoms with Crippen molar-refractivity contribution in [3.05, 3.63) is 63.5 Å². The molecule has 3 heterocycles. The lowest BCUT2D eigenvalue weighted by Gasteiger charge is -2.12. The first-order valence-electron chi connectivity index (χ1n) is 9.41. The maximum atomic E-state index is 12.6. The Morgan fingerprint density at radius 2 is 1.86 bits per heavy atom. The van der Waals surface area contributed by atoms with Crippen LogP contribution in [0.2, 0.25) is 0 Å². The molecule has 0 atom stereocenters. The topological polar surface area (TPSA) is 89.4 Å². The summed E-state index contributed by atoms with van der Waals surface area (Å²) in [5.74, 6) is 1.71. The van der Waals surface area contributed by atoms with E-state index in [4.69, 9.17) is 0 Å². The van der Waals surface area contributed by atoms with Gasteiger partial charge in [0.05, 0.1) is 5.69 Å². The lowest BCUT2D eigenvalue weighted by atomic mass is 10.0. The van der Waals surface area contributed by atoms with Crippen LogP contribution in [0.25, 0.3) is 28.2 Å². The first-order chi connectivity index (χ1) is 13.5. The van der Waals surface area contributed by atoms with Gasteiger partial charge in [0.2, 0.25) is 0 Å². The molecular weight excluding hydrogens is 352 g/mol. The average molecular weight is 372 g/mol. The van der Waals surface area contributed by atoms with Crippen molar-refractivity contribution in [1.82, 2.24) is 29.7 Å². The zero-order valence-corrected chi connectivity index (χ0v) is 16.0. The van der Waals surface area contributed by atoms with Crippen LogP contribution in [0, 0.1) is 20.8 Å². The van der Waals surface area contributed by atoms with Gasteiger partial charge >= 0.3 is 0 Å². The van der Waals surface area contributed by atoms with Crippen molar-refractivity contribution >= 4 is 11.0 Å². The van der Waals surface area contributed by atoms with E-state index in [9.17, 15) is 4.79 Å². The van der Waals surface area contributed by atoms with Crippen LogP contribution < -0.4 is 5.56 Å². The molecule has 0 spiro atoms. The fourth-order valence-electron chi connectivity index (χ4n) is 3.74. The molecule has 1 N–H and O–H groups in total. The molecule has 7 heteroatoms. The van der Waals surface area contributed by atoms with E-state index in [1.54, 1.807) is 30.1 Å². The van der Waals surface area contributed by atoms with E-state index in [1.807, 2.05) is 0 Å². The van der Waals surface area contributed by atoms with Crippen molar-refractivity contribution in [2.45, 2.75) is 39.5 Å². The van der Waals surface area contributed by atoms with Gasteiger partial charge < -0.3 is 4.98 Å². The molecule has 3 aromatic heterocycles. The molecule has 0 aliphatic heterocycles. The molecule has 1 fully saturated rings. The van der Waals surface area contributed by atoms with Gasteiger partial charge in [0, 0.05) is 12.4 Å². The fourth-order valence-corrected chi connectivity index (χ4v) is 3.74. The number of aromatic nitrogens is 6. The lowest BCUT2D eigenvalue weighted by molar-refractivity contribution is 0.870. The SMILES string of the molecule is Cc1nccc(-c2nc3nn(-c4c(C)cc(C5CC5)cc4C)cc3c(=O)[nH]2)n1. The smallest absolute Gasteiger partial charge is 0.262 e. The van der Waals surface area contributed by atoms with Crippen molar-refractivity contribution < 1.29 is 0 Å². The second-order valence-electron chi connectivity index (χ2n) is 7.49. The summed E-state index contributed by atoms with van der Waals surface area (Å²) >= 11 is 0. The van der Waals surface area contributed by atoms with Crippen molar-refractivity contribution in [2.24, 2.45) is 0 Å². The summed E-state index contributed by atoms with van der Waals surface area (Å²) in [6.07, 6.45) is 5.94. The van der Waals surface area contributed by atoms with Crippen LogP contribution in [0.1, 0.15) is 41.3 Å². The molecule has 0 unspecified atom stereocenters. The third-order valence-corrected chi connectivity index (χ3v) is 5.20. The van der Waals surface area contributed by atoms with E-state index in [2.05, 4.69) is 51.0 Å². The predicted octanol–water partition coefficient (Wildman–Crippen LogP) is 3.37. The number of nitrogens with zero attached hydrogens (tertiary/aromatic N) is 5. The molecule has 4 aromatic rings. The Balaban J connectivity index is 1.65. The Morgan fingerprint density at radius 3 is 2.54 bits per heavy atom. The van der Waals surface area contributed by atoms with E-state index in [-0.39, 0.29) is 5.56 Å². The van der Waals surface area contributed by atoms with Crippen LogP contribution >= 0.6 is 0 Å². The molecule has 7 nitrogen and oxygen atoms in total. The molecule has 1 aromatic carbocycles. The Kier molecular flexibility index (Phi) is 3.65. The third-order valence-electron chi connectivity index (χ3n) is 5.20. The van der Waals surface area contributed by atoms with Crippen LogP contribution in [0.4, 0.5) is 0 Å². The number of nitrogens with one attached hydrogen (secondary N) is 1. The van der Waals surface area contributed by atoms with E-state index in [0.717, 1.165) is 16.8 Å². The number of H-pyrrole nitrogens is 1. The van der Waals surface area contributed by atoms with Crippen molar-refractivity contribution in [2.75, 3.05) is 0 Å². The minimum atomic E-state index is -0.229. The Bertz CT molecular complexity index is 1260. The highest BCUT2D eigenvalue weighted by atomic mass is 16.1. The number of aromatic amines is 1. The summed E-state index contributed by atoms with van der Waals surface area (Å²) in [6.45, 7) is 5.98. The van der Waals surface area contributed by atoms with Gasteiger partial charge in [-0.25, -0.2) is 19.6 Å². The Hall–Kier alpha value is -3.35. The molecule has 0 radical (unpaired) electrons. The van der Waals surface area contributed by atoms with Crippen LogP contribution in [0.5, 0.6) is 0 Å². The van der Waals surface area contributed by atoms with Crippen LogP contribution in [-0.4, -0.2) is 29.7 Å². The minimum absolute atomic E-state index is 0.229. The molecule has 140 valence electrons. The van der Waals surface area contributed by atoms with Gasteiger partial charge in [0.25, 0.3) is 5.56 Å². The number of benzene rings is 1. The molecule has 1 aliphatic carbocycles. The maximum Gasteiger partial charge on any atom is 0.262 e. The highest BCUT2D eigenvalue weighted by Gasteiger charge is 2.25.